The second-order valence-electron chi connectivity index (χ2n) is 2.39. The Kier molecular flexibility index (Phi) is 1.33. The first-order valence-corrected chi connectivity index (χ1v) is 3.44. The molecule has 0 saturated heterocycles. The molecule has 0 radical (unpaired) electrons. The number of hydrogen-bond donors (Lipinski definition) is 1. The van der Waals surface area contributed by atoms with Gasteiger partial charge in [0.15, 0.2) is 5.65 Å². The minimum Gasteiger partial charge on any atom is -0.478 e. The fourth-order valence-electron chi connectivity index (χ4n) is 1.11. The van der Waals surface area contributed by atoms with Gasteiger partial charge in [0.1, 0.15) is 5.56 Å². The van der Waals surface area contributed by atoms with Crippen LogP contribution in [0, 0.1) is 0 Å². The average Bonchev–Trinajstić information content (AvgIpc) is 2.47. The number of nitrogens with zero attached hydrogens (tertiary/aromatic N) is 2. The third kappa shape index (κ3) is 0.852. The lowest BCUT2D eigenvalue weighted by Crippen LogP contribution is -1.96. The van der Waals surface area contributed by atoms with E-state index in [1.54, 1.807) is 29.1 Å². The number of carboxylic acids is 1. The Hall–Kier alpha value is -1.84. The van der Waals surface area contributed by atoms with Gasteiger partial charge in [0.25, 0.3) is 0 Å². The van der Waals surface area contributed by atoms with Crippen molar-refractivity contribution in [2.75, 3.05) is 0 Å². The third-order valence-corrected chi connectivity index (χ3v) is 1.65. The summed E-state index contributed by atoms with van der Waals surface area (Å²) in [5, 5.41) is 8.72. The molecule has 60 valence electrons. The van der Waals surface area contributed by atoms with Crippen molar-refractivity contribution in [2.45, 2.75) is 0 Å². The number of aromatic nitrogens is 2. The Morgan fingerprint density at radius 1 is 1.50 bits per heavy atom. The Morgan fingerprint density at radius 2 is 2.33 bits per heavy atom. The average molecular weight is 162 g/mol. The van der Waals surface area contributed by atoms with Gasteiger partial charge in [-0.25, -0.2) is 9.78 Å². The Balaban J connectivity index is 2.79. The molecule has 0 unspecified atom stereocenters. The van der Waals surface area contributed by atoms with Gasteiger partial charge in [-0.3, -0.25) is 0 Å². The van der Waals surface area contributed by atoms with E-state index in [0.29, 0.717) is 5.65 Å². The van der Waals surface area contributed by atoms with Gasteiger partial charge in [-0.05, 0) is 12.1 Å². The summed E-state index contributed by atoms with van der Waals surface area (Å²) in [7, 11) is 0. The number of carbonyl (C=O) groups is 1. The van der Waals surface area contributed by atoms with Crippen LogP contribution in [0.3, 0.4) is 0 Å². The normalized spacial score (nSPS) is 10.3. The highest BCUT2D eigenvalue weighted by atomic mass is 16.4. The highest BCUT2D eigenvalue weighted by Gasteiger charge is 2.08. The van der Waals surface area contributed by atoms with E-state index in [1.807, 2.05) is 0 Å². The smallest absolute Gasteiger partial charge is 0.339 e. The molecule has 0 atom stereocenters. The predicted molar refractivity (Wildman–Crippen MR) is 42.2 cm³/mol. The summed E-state index contributed by atoms with van der Waals surface area (Å²) in [6, 6.07) is 3.28. The van der Waals surface area contributed by atoms with Crippen LogP contribution in [0.1, 0.15) is 10.4 Å². The van der Waals surface area contributed by atoms with Gasteiger partial charge >= 0.3 is 5.97 Å². The third-order valence-electron chi connectivity index (χ3n) is 1.65. The summed E-state index contributed by atoms with van der Waals surface area (Å²) >= 11 is 0. The van der Waals surface area contributed by atoms with Crippen LogP contribution in [-0.4, -0.2) is 20.5 Å². The Bertz CT molecular complexity index is 433. The maximum atomic E-state index is 10.6. The molecular formula is C8H6N2O2. The lowest BCUT2D eigenvalue weighted by Gasteiger charge is -1.92. The van der Waals surface area contributed by atoms with E-state index in [1.165, 1.54) is 6.07 Å². The molecule has 0 amide bonds. The molecule has 4 heteroatoms. The van der Waals surface area contributed by atoms with Crippen molar-refractivity contribution in [2.24, 2.45) is 0 Å². The van der Waals surface area contributed by atoms with E-state index < -0.39 is 5.97 Å². The minimum atomic E-state index is -0.948. The highest BCUT2D eigenvalue weighted by Crippen LogP contribution is 2.08. The maximum Gasteiger partial charge on any atom is 0.339 e. The van der Waals surface area contributed by atoms with Crippen LogP contribution >= 0.6 is 0 Å². The predicted octanol–water partition coefficient (Wildman–Crippen LogP) is 1.03. The minimum absolute atomic E-state index is 0.232. The second kappa shape index (κ2) is 2.34. The number of hydrogen-bond acceptors (Lipinski definition) is 2. The quantitative estimate of drug-likeness (QED) is 0.681. The molecule has 2 aromatic heterocycles. The molecule has 0 aromatic carbocycles. The van der Waals surface area contributed by atoms with Crippen LogP contribution < -0.4 is 0 Å². The molecular weight excluding hydrogens is 156 g/mol. The Morgan fingerprint density at radius 3 is 3.08 bits per heavy atom. The van der Waals surface area contributed by atoms with Crippen LogP contribution in [-0.2, 0) is 0 Å². The Labute approximate surface area is 68.1 Å². The van der Waals surface area contributed by atoms with Gasteiger partial charge in [-0.15, -0.1) is 0 Å². The van der Waals surface area contributed by atoms with Crippen molar-refractivity contribution in [1.82, 2.24) is 9.38 Å². The molecule has 2 aromatic rings. The van der Waals surface area contributed by atoms with Crippen molar-refractivity contribution in [3.05, 3.63) is 36.3 Å². The van der Waals surface area contributed by atoms with E-state index in [4.69, 9.17) is 5.11 Å². The summed E-state index contributed by atoms with van der Waals surface area (Å²) in [6.45, 7) is 0. The zero-order chi connectivity index (χ0) is 8.55. The fraction of sp³-hybridized carbons (Fsp3) is 0. The van der Waals surface area contributed by atoms with Gasteiger partial charge in [-0.2, -0.15) is 0 Å². The first-order valence-electron chi connectivity index (χ1n) is 3.44. The standard InChI is InChI=1S/C8H6N2O2/c11-8(12)6-2-5-10-4-1-3-9-7(6)10/h1-5H,(H,11,12). The van der Waals surface area contributed by atoms with Gasteiger partial charge in [0.05, 0.1) is 0 Å². The van der Waals surface area contributed by atoms with Gasteiger partial charge in [0.2, 0.25) is 0 Å². The van der Waals surface area contributed by atoms with E-state index >= 15 is 0 Å². The van der Waals surface area contributed by atoms with Crippen molar-refractivity contribution in [3.63, 3.8) is 0 Å². The van der Waals surface area contributed by atoms with Gasteiger partial charge < -0.3 is 9.51 Å². The first kappa shape index (κ1) is 6.84. The molecule has 0 fully saturated rings. The molecule has 2 rings (SSSR count). The fourth-order valence-corrected chi connectivity index (χ4v) is 1.11. The lowest BCUT2D eigenvalue weighted by atomic mass is 10.3. The largest absolute Gasteiger partial charge is 0.478 e. The van der Waals surface area contributed by atoms with E-state index in [2.05, 4.69) is 4.98 Å². The molecule has 4 nitrogen and oxygen atoms in total. The van der Waals surface area contributed by atoms with Gasteiger partial charge in [-0.1, -0.05) is 0 Å². The van der Waals surface area contributed by atoms with Gasteiger partial charge in [0, 0.05) is 18.6 Å². The maximum absolute atomic E-state index is 10.6. The van der Waals surface area contributed by atoms with Crippen molar-refractivity contribution in [3.8, 4) is 0 Å². The number of carboxylic acid groups (broad SMARTS) is 1. The molecule has 1 N–H and O–H groups in total. The van der Waals surface area contributed by atoms with Crippen LogP contribution in [0.5, 0.6) is 0 Å². The highest BCUT2D eigenvalue weighted by molar-refractivity contribution is 5.94. The van der Waals surface area contributed by atoms with Crippen molar-refractivity contribution < 1.29 is 9.90 Å². The van der Waals surface area contributed by atoms with Crippen LogP contribution in [0.25, 0.3) is 5.65 Å². The molecule has 0 saturated carbocycles. The van der Waals surface area contributed by atoms with Crippen LogP contribution in [0.4, 0.5) is 0 Å². The second-order valence-corrected chi connectivity index (χ2v) is 2.39. The summed E-state index contributed by atoms with van der Waals surface area (Å²) in [4.78, 5) is 14.6. The number of aromatic carboxylic acids is 1. The SMILES string of the molecule is O=C(O)c1ccn2cccnc12. The molecule has 0 spiro atoms. The van der Waals surface area contributed by atoms with Crippen molar-refractivity contribution in [1.29, 1.82) is 0 Å². The molecule has 0 aliphatic rings. The lowest BCUT2D eigenvalue weighted by molar-refractivity contribution is 0.0699. The van der Waals surface area contributed by atoms with Crippen molar-refractivity contribution >= 4 is 11.6 Å². The first-order chi connectivity index (χ1) is 5.79. The molecule has 0 aliphatic heterocycles. The summed E-state index contributed by atoms with van der Waals surface area (Å²) < 4.78 is 1.67. The summed E-state index contributed by atoms with van der Waals surface area (Å²) in [6.07, 6.45) is 5.00. The van der Waals surface area contributed by atoms with E-state index in [9.17, 15) is 4.79 Å². The summed E-state index contributed by atoms with van der Waals surface area (Å²) in [5.41, 5.74) is 0.709. The molecule has 0 bridgehead atoms. The van der Waals surface area contributed by atoms with E-state index in [-0.39, 0.29) is 5.56 Å². The molecule has 2 heterocycles. The number of rotatable bonds is 1. The molecule has 0 aliphatic carbocycles. The summed E-state index contributed by atoms with van der Waals surface area (Å²) in [5.74, 6) is -0.948. The zero-order valence-electron chi connectivity index (χ0n) is 6.14. The topological polar surface area (TPSA) is 54.6 Å². The van der Waals surface area contributed by atoms with Crippen LogP contribution in [0.15, 0.2) is 30.7 Å². The monoisotopic (exact) mass is 162 g/mol. The van der Waals surface area contributed by atoms with Crippen LogP contribution in [0.2, 0.25) is 0 Å². The van der Waals surface area contributed by atoms with E-state index in [0.717, 1.165) is 0 Å². The molecule has 12 heavy (non-hydrogen) atoms. The zero-order valence-corrected chi connectivity index (χ0v) is 6.14. The number of fused-ring (bicyclic) bond motifs is 1.